The zero-order chi connectivity index (χ0) is 18.9. The van der Waals surface area contributed by atoms with E-state index in [9.17, 15) is 8.42 Å². The van der Waals surface area contributed by atoms with E-state index in [0.717, 1.165) is 5.56 Å². The van der Waals surface area contributed by atoms with Gasteiger partial charge in [-0.05, 0) is 36.4 Å². The molecule has 1 heterocycles. The van der Waals surface area contributed by atoms with Crippen LogP contribution < -0.4 is 9.47 Å². The molecule has 1 aliphatic heterocycles. The van der Waals surface area contributed by atoms with Gasteiger partial charge in [-0.3, -0.25) is 0 Å². The quantitative estimate of drug-likeness (QED) is 0.696. The van der Waals surface area contributed by atoms with E-state index in [2.05, 4.69) is 0 Å². The Bertz CT molecular complexity index is 921. The van der Waals surface area contributed by atoms with Crippen LogP contribution in [-0.4, -0.2) is 39.2 Å². The van der Waals surface area contributed by atoms with E-state index >= 15 is 0 Å². The first-order chi connectivity index (χ1) is 12.4. The van der Waals surface area contributed by atoms with Crippen LogP contribution in [0.25, 0.3) is 0 Å². The third-order valence-electron chi connectivity index (χ3n) is 4.05. The van der Waals surface area contributed by atoms with Crippen molar-refractivity contribution in [3.8, 4) is 11.5 Å². The molecule has 2 aromatic rings. The number of hydrogen-bond acceptors (Lipinski definition) is 5. The third-order valence-corrected chi connectivity index (χ3v) is 8.02. The number of sulfonamides is 1. The van der Waals surface area contributed by atoms with E-state index in [1.807, 2.05) is 0 Å². The van der Waals surface area contributed by atoms with Crippen LogP contribution in [0.5, 0.6) is 11.5 Å². The van der Waals surface area contributed by atoms with E-state index in [4.69, 9.17) is 32.7 Å². The highest BCUT2D eigenvalue weighted by Gasteiger charge is 2.38. The van der Waals surface area contributed by atoms with Crippen molar-refractivity contribution in [2.24, 2.45) is 0 Å². The Morgan fingerprint density at radius 3 is 2.50 bits per heavy atom. The van der Waals surface area contributed by atoms with Crippen LogP contribution >= 0.6 is 35.0 Å². The fraction of sp³-hybridized carbons (Fsp3) is 0.294. The Morgan fingerprint density at radius 1 is 1.08 bits per heavy atom. The number of benzene rings is 2. The summed E-state index contributed by atoms with van der Waals surface area (Å²) in [5, 5.41) is 0.0991. The van der Waals surface area contributed by atoms with Crippen LogP contribution in [0.4, 0.5) is 0 Å². The number of hydrogen-bond donors (Lipinski definition) is 0. The molecule has 0 saturated carbocycles. The topological polar surface area (TPSA) is 55.8 Å². The molecule has 0 aromatic heterocycles. The van der Waals surface area contributed by atoms with Crippen molar-refractivity contribution in [1.29, 1.82) is 0 Å². The highest BCUT2D eigenvalue weighted by Crippen LogP contribution is 2.45. The SMILES string of the molecule is COc1ccc(OC)c(C2SCCN2S(=O)(=O)c2ccc(Cl)c(Cl)c2)c1. The average molecular weight is 434 g/mol. The molecular weight excluding hydrogens is 417 g/mol. The molecule has 2 aromatic carbocycles. The van der Waals surface area contributed by atoms with Crippen LogP contribution in [0, 0.1) is 0 Å². The lowest BCUT2D eigenvalue weighted by molar-refractivity contribution is 0.382. The van der Waals surface area contributed by atoms with Gasteiger partial charge < -0.3 is 9.47 Å². The second-order valence-corrected chi connectivity index (χ2v) is 9.42. The average Bonchev–Trinajstić information content (AvgIpc) is 3.13. The second-order valence-electron chi connectivity index (χ2n) is 5.52. The molecule has 1 unspecified atom stereocenters. The lowest BCUT2D eigenvalue weighted by atomic mass is 10.2. The summed E-state index contributed by atoms with van der Waals surface area (Å²) in [6, 6.07) is 9.69. The van der Waals surface area contributed by atoms with Crippen molar-refractivity contribution >= 4 is 45.0 Å². The van der Waals surface area contributed by atoms with Crippen molar-refractivity contribution in [1.82, 2.24) is 4.31 Å². The molecule has 9 heteroatoms. The van der Waals surface area contributed by atoms with Crippen LogP contribution in [-0.2, 0) is 10.0 Å². The fourth-order valence-corrected chi connectivity index (χ4v) is 6.39. The fourth-order valence-electron chi connectivity index (χ4n) is 2.75. The van der Waals surface area contributed by atoms with E-state index in [-0.39, 0.29) is 9.92 Å². The maximum absolute atomic E-state index is 13.2. The Labute approximate surface area is 167 Å². The number of methoxy groups -OCH3 is 2. The van der Waals surface area contributed by atoms with Crippen LogP contribution in [0.3, 0.4) is 0 Å². The molecule has 0 aliphatic carbocycles. The van der Waals surface area contributed by atoms with Gasteiger partial charge in [0.25, 0.3) is 0 Å². The Balaban J connectivity index is 2.04. The van der Waals surface area contributed by atoms with Gasteiger partial charge in [-0.15, -0.1) is 11.8 Å². The second kappa shape index (κ2) is 7.86. The zero-order valence-corrected chi connectivity index (χ0v) is 17.3. The maximum Gasteiger partial charge on any atom is 0.244 e. The zero-order valence-electron chi connectivity index (χ0n) is 14.1. The van der Waals surface area contributed by atoms with Gasteiger partial charge in [0, 0.05) is 17.9 Å². The minimum Gasteiger partial charge on any atom is -0.497 e. The lowest BCUT2D eigenvalue weighted by Gasteiger charge is -2.25. The number of thioether (sulfide) groups is 1. The Kier molecular flexibility index (Phi) is 5.94. The predicted molar refractivity (Wildman–Crippen MR) is 105 cm³/mol. The Morgan fingerprint density at radius 2 is 1.85 bits per heavy atom. The van der Waals surface area contributed by atoms with Crippen LogP contribution in [0.15, 0.2) is 41.3 Å². The minimum absolute atomic E-state index is 0.112. The number of halogens is 2. The van der Waals surface area contributed by atoms with E-state index in [1.165, 1.54) is 34.3 Å². The largest absolute Gasteiger partial charge is 0.497 e. The van der Waals surface area contributed by atoms with Crippen molar-refractivity contribution in [3.63, 3.8) is 0 Å². The van der Waals surface area contributed by atoms with Crippen molar-refractivity contribution in [2.45, 2.75) is 10.3 Å². The molecule has 0 spiro atoms. The molecule has 1 saturated heterocycles. The monoisotopic (exact) mass is 433 g/mol. The molecule has 1 aliphatic rings. The van der Waals surface area contributed by atoms with Gasteiger partial charge in [0.15, 0.2) is 0 Å². The summed E-state index contributed by atoms with van der Waals surface area (Å²) in [7, 11) is -0.621. The lowest BCUT2D eigenvalue weighted by Crippen LogP contribution is -2.30. The standard InChI is InChI=1S/C17H17Cl2NO4S2/c1-23-11-3-6-16(24-2)13(9-11)17-20(7-8-25-17)26(21,22)12-4-5-14(18)15(19)10-12/h3-6,9-10,17H,7-8H2,1-2H3. The molecule has 5 nitrogen and oxygen atoms in total. The summed E-state index contributed by atoms with van der Waals surface area (Å²) >= 11 is 13.5. The van der Waals surface area contributed by atoms with E-state index in [1.54, 1.807) is 32.4 Å². The first-order valence-electron chi connectivity index (χ1n) is 7.69. The Hall–Kier alpha value is -1.12. The maximum atomic E-state index is 13.2. The molecule has 0 N–H and O–H groups in total. The van der Waals surface area contributed by atoms with Crippen LogP contribution in [0.1, 0.15) is 10.9 Å². The number of rotatable bonds is 5. The third kappa shape index (κ3) is 3.64. The minimum atomic E-state index is -3.75. The van der Waals surface area contributed by atoms with E-state index < -0.39 is 15.4 Å². The van der Waals surface area contributed by atoms with Gasteiger partial charge in [0.2, 0.25) is 10.0 Å². The molecule has 0 amide bonds. The van der Waals surface area contributed by atoms with Gasteiger partial charge in [-0.1, -0.05) is 23.2 Å². The number of nitrogens with zero attached hydrogens (tertiary/aromatic N) is 1. The first kappa shape index (κ1) is 19.6. The molecule has 0 radical (unpaired) electrons. The van der Waals surface area contributed by atoms with Gasteiger partial charge in [-0.2, -0.15) is 4.31 Å². The molecular formula is C17H17Cl2NO4S2. The smallest absolute Gasteiger partial charge is 0.244 e. The molecule has 140 valence electrons. The van der Waals surface area contributed by atoms with Gasteiger partial charge in [-0.25, -0.2) is 8.42 Å². The first-order valence-corrected chi connectivity index (χ1v) is 10.9. The number of ether oxygens (including phenoxy) is 2. The van der Waals surface area contributed by atoms with Crippen molar-refractivity contribution in [2.75, 3.05) is 26.5 Å². The van der Waals surface area contributed by atoms with Gasteiger partial charge >= 0.3 is 0 Å². The summed E-state index contributed by atoms with van der Waals surface area (Å²) in [6.07, 6.45) is 0. The molecule has 0 bridgehead atoms. The normalized spacial score (nSPS) is 18.1. The summed E-state index contributed by atoms with van der Waals surface area (Å²) < 4.78 is 38.5. The molecule has 26 heavy (non-hydrogen) atoms. The van der Waals surface area contributed by atoms with Gasteiger partial charge in [0.05, 0.1) is 34.5 Å². The van der Waals surface area contributed by atoms with Crippen molar-refractivity contribution in [3.05, 3.63) is 52.0 Å². The summed E-state index contributed by atoms with van der Waals surface area (Å²) in [5.41, 5.74) is 0.748. The summed E-state index contributed by atoms with van der Waals surface area (Å²) in [4.78, 5) is 0.112. The van der Waals surface area contributed by atoms with Gasteiger partial charge in [0.1, 0.15) is 11.5 Å². The molecule has 1 fully saturated rings. The summed E-state index contributed by atoms with van der Waals surface area (Å²) in [5.74, 6) is 1.92. The predicted octanol–water partition coefficient (Wildman–Crippen LogP) is 4.45. The summed E-state index contributed by atoms with van der Waals surface area (Å²) in [6.45, 7) is 0.387. The van der Waals surface area contributed by atoms with Crippen molar-refractivity contribution < 1.29 is 17.9 Å². The highest BCUT2D eigenvalue weighted by molar-refractivity contribution is 8.01. The van der Waals surface area contributed by atoms with E-state index in [0.29, 0.717) is 28.8 Å². The molecule has 3 rings (SSSR count). The highest BCUT2D eigenvalue weighted by atomic mass is 35.5. The molecule has 1 atom stereocenters. The van der Waals surface area contributed by atoms with Crippen LogP contribution in [0.2, 0.25) is 10.0 Å².